The highest BCUT2D eigenvalue weighted by Crippen LogP contribution is 2.38. The SMILES string of the molecule is COc1ccccc1[C@@H]1CN(C(=O)C(C)C)C[C@@H]1C(=O)NCc1ccc(F)cc1. The first-order valence-electron chi connectivity index (χ1n) is 9.84. The zero-order valence-electron chi connectivity index (χ0n) is 17.0. The van der Waals surface area contributed by atoms with Crippen molar-refractivity contribution in [1.82, 2.24) is 10.2 Å². The van der Waals surface area contributed by atoms with Crippen LogP contribution in [0.4, 0.5) is 4.39 Å². The minimum absolute atomic E-state index is 0.0405. The number of para-hydroxylation sites is 1. The molecule has 0 bridgehead atoms. The van der Waals surface area contributed by atoms with Crippen molar-refractivity contribution in [3.05, 3.63) is 65.5 Å². The number of carbonyl (C=O) groups is 2. The first-order chi connectivity index (χ1) is 13.9. The van der Waals surface area contributed by atoms with E-state index in [9.17, 15) is 14.0 Å². The van der Waals surface area contributed by atoms with Crippen molar-refractivity contribution >= 4 is 11.8 Å². The third-order valence-electron chi connectivity index (χ3n) is 5.38. The zero-order valence-corrected chi connectivity index (χ0v) is 17.0. The number of nitrogens with zero attached hydrogens (tertiary/aromatic N) is 1. The Hall–Kier alpha value is -2.89. The number of hydrogen-bond donors (Lipinski definition) is 1. The Morgan fingerprint density at radius 1 is 1.14 bits per heavy atom. The van der Waals surface area contributed by atoms with Crippen LogP contribution in [-0.2, 0) is 16.1 Å². The Bertz CT molecular complexity index is 867. The predicted octanol–water partition coefficient (Wildman–Crippen LogP) is 3.35. The Kier molecular flexibility index (Phi) is 6.52. The summed E-state index contributed by atoms with van der Waals surface area (Å²) in [5.74, 6) is -0.337. The molecular formula is C23H27FN2O3. The van der Waals surface area contributed by atoms with Gasteiger partial charge in [-0.25, -0.2) is 4.39 Å². The molecule has 1 N–H and O–H groups in total. The van der Waals surface area contributed by atoms with Crippen LogP contribution in [-0.4, -0.2) is 36.9 Å². The number of rotatable bonds is 6. The summed E-state index contributed by atoms with van der Waals surface area (Å²) >= 11 is 0. The summed E-state index contributed by atoms with van der Waals surface area (Å²) in [6, 6.07) is 13.7. The molecule has 2 amide bonds. The van der Waals surface area contributed by atoms with Gasteiger partial charge in [-0.2, -0.15) is 0 Å². The molecule has 154 valence electrons. The van der Waals surface area contributed by atoms with E-state index in [2.05, 4.69) is 5.32 Å². The van der Waals surface area contributed by atoms with Crippen LogP contribution in [0, 0.1) is 17.7 Å². The molecule has 1 aliphatic rings. The molecule has 0 radical (unpaired) electrons. The van der Waals surface area contributed by atoms with E-state index in [4.69, 9.17) is 4.74 Å². The molecule has 1 aliphatic heterocycles. The zero-order chi connectivity index (χ0) is 21.0. The van der Waals surface area contributed by atoms with Crippen molar-refractivity contribution in [3.8, 4) is 5.75 Å². The van der Waals surface area contributed by atoms with Gasteiger partial charge in [0.1, 0.15) is 11.6 Å². The lowest BCUT2D eigenvalue weighted by atomic mass is 9.87. The average molecular weight is 398 g/mol. The minimum Gasteiger partial charge on any atom is -0.496 e. The molecule has 6 heteroatoms. The van der Waals surface area contributed by atoms with Crippen LogP contribution in [0.15, 0.2) is 48.5 Å². The van der Waals surface area contributed by atoms with Gasteiger partial charge in [-0.3, -0.25) is 9.59 Å². The number of carbonyl (C=O) groups excluding carboxylic acids is 2. The van der Waals surface area contributed by atoms with Crippen molar-refractivity contribution in [2.75, 3.05) is 20.2 Å². The highest BCUT2D eigenvalue weighted by molar-refractivity contribution is 5.84. The summed E-state index contributed by atoms with van der Waals surface area (Å²) < 4.78 is 18.6. The van der Waals surface area contributed by atoms with Crippen LogP contribution in [0.1, 0.15) is 30.9 Å². The standard InChI is InChI=1S/C23H27FN2O3/c1-15(2)23(28)26-13-19(18-6-4-5-7-21(18)29-3)20(14-26)22(27)25-12-16-8-10-17(24)11-9-16/h4-11,15,19-20H,12-14H2,1-3H3,(H,25,27)/t19-,20-/m0/s1. The number of halogens is 1. The van der Waals surface area contributed by atoms with Crippen LogP contribution in [0.25, 0.3) is 0 Å². The monoisotopic (exact) mass is 398 g/mol. The topological polar surface area (TPSA) is 58.6 Å². The third-order valence-corrected chi connectivity index (χ3v) is 5.38. The second-order valence-corrected chi connectivity index (χ2v) is 7.70. The van der Waals surface area contributed by atoms with Gasteiger partial charge in [-0.1, -0.05) is 44.2 Å². The summed E-state index contributed by atoms with van der Waals surface area (Å²) in [5.41, 5.74) is 1.75. The molecule has 0 saturated carbocycles. The van der Waals surface area contributed by atoms with Crippen molar-refractivity contribution in [2.24, 2.45) is 11.8 Å². The molecule has 2 atom stereocenters. The fourth-order valence-corrected chi connectivity index (χ4v) is 3.82. The van der Waals surface area contributed by atoms with Crippen LogP contribution in [0.2, 0.25) is 0 Å². The number of hydrogen-bond acceptors (Lipinski definition) is 3. The van der Waals surface area contributed by atoms with Gasteiger partial charge in [0, 0.05) is 31.5 Å². The van der Waals surface area contributed by atoms with E-state index in [0.717, 1.165) is 11.1 Å². The largest absolute Gasteiger partial charge is 0.496 e. The molecule has 29 heavy (non-hydrogen) atoms. The van der Waals surface area contributed by atoms with Crippen LogP contribution in [0.3, 0.4) is 0 Å². The summed E-state index contributed by atoms with van der Waals surface area (Å²) in [5, 5.41) is 2.95. The number of methoxy groups -OCH3 is 1. The molecule has 0 aliphatic carbocycles. The Labute approximate surface area is 170 Å². The van der Waals surface area contributed by atoms with Gasteiger partial charge in [0.2, 0.25) is 11.8 Å². The first-order valence-corrected chi connectivity index (χ1v) is 9.84. The first kappa shape index (κ1) is 20.8. The Morgan fingerprint density at radius 2 is 1.83 bits per heavy atom. The molecule has 1 saturated heterocycles. The lowest BCUT2D eigenvalue weighted by Crippen LogP contribution is -2.36. The van der Waals surface area contributed by atoms with Gasteiger partial charge >= 0.3 is 0 Å². The maximum atomic E-state index is 13.1. The van der Waals surface area contributed by atoms with E-state index in [1.165, 1.54) is 12.1 Å². The van der Waals surface area contributed by atoms with E-state index < -0.39 is 0 Å². The average Bonchev–Trinajstić information content (AvgIpc) is 3.17. The van der Waals surface area contributed by atoms with E-state index in [-0.39, 0.29) is 35.4 Å². The van der Waals surface area contributed by atoms with Crippen molar-refractivity contribution in [3.63, 3.8) is 0 Å². The number of amides is 2. The fourth-order valence-electron chi connectivity index (χ4n) is 3.82. The van der Waals surface area contributed by atoms with Gasteiger partial charge in [0.25, 0.3) is 0 Å². The van der Waals surface area contributed by atoms with Crippen molar-refractivity contribution in [1.29, 1.82) is 0 Å². The molecule has 0 aromatic heterocycles. The quantitative estimate of drug-likeness (QED) is 0.812. The van der Waals surface area contributed by atoms with Crippen molar-refractivity contribution in [2.45, 2.75) is 26.3 Å². The molecule has 0 unspecified atom stereocenters. The van der Waals surface area contributed by atoms with Gasteiger partial charge in [-0.15, -0.1) is 0 Å². The molecule has 2 aromatic carbocycles. The maximum absolute atomic E-state index is 13.1. The molecular weight excluding hydrogens is 371 g/mol. The molecule has 1 fully saturated rings. The Morgan fingerprint density at radius 3 is 2.48 bits per heavy atom. The maximum Gasteiger partial charge on any atom is 0.225 e. The van der Waals surface area contributed by atoms with Crippen LogP contribution in [0.5, 0.6) is 5.75 Å². The number of likely N-dealkylation sites (tertiary alicyclic amines) is 1. The highest BCUT2D eigenvalue weighted by Gasteiger charge is 2.41. The fraction of sp³-hybridized carbons (Fsp3) is 0.391. The second kappa shape index (κ2) is 9.07. The lowest BCUT2D eigenvalue weighted by molar-refractivity contribution is -0.133. The molecule has 3 rings (SSSR count). The predicted molar refractivity (Wildman–Crippen MR) is 109 cm³/mol. The molecule has 2 aromatic rings. The number of ether oxygens (including phenoxy) is 1. The molecule has 1 heterocycles. The lowest BCUT2D eigenvalue weighted by Gasteiger charge is -2.20. The summed E-state index contributed by atoms with van der Waals surface area (Å²) in [6.07, 6.45) is 0. The number of nitrogens with one attached hydrogen (secondary N) is 1. The third kappa shape index (κ3) is 4.75. The van der Waals surface area contributed by atoms with Crippen LogP contribution >= 0.6 is 0 Å². The normalized spacial score (nSPS) is 18.7. The Balaban J connectivity index is 1.80. The van der Waals surface area contributed by atoms with Crippen LogP contribution < -0.4 is 10.1 Å². The van der Waals surface area contributed by atoms with Crippen molar-refractivity contribution < 1.29 is 18.7 Å². The summed E-state index contributed by atoms with van der Waals surface area (Å²) in [6.45, 7) is 4.89. The molecule has 0 spiro atoms. The van der Waals surface area contributed by atoms with Gasteiger partial charge in [-0.05, 0) is 29.3 Å². The smallest absolute Gasteiger partial charge is 0.225 e. The van der Waals surface area contributed by atoms with E-state index in [0.29, 0.717) is 25.4 Å². The molecule has 5 nitrogen and oxygen atoms in total. The van der Waals surface area contributed by atoms with E-state index >= 15 is 0 Å². The highest BCUT2D eigenvalue weighted by atomic mass is 19.1. The summed E-state index contributed by atoms with van der Waals surface area (Å²) in [7, 11) is 1.61. The number of benzene rings is 2. The second-order valence-electron chi connectivity index (χ2n) is 7.70. The van der Waals surface area contributed by atoms with E-state index in [1.807, 2.05) is 38.1 Å². The van der Waals surface area contributed by atoms with Gasteiger partial charge in [0.05, 0.1) is 13.0 Å². The van der Waals surface area contributed by atoms with Gasteiger partial charge < -0.3 is 15.0 Å². The minimum atomic E-state index is -0.380. The van der Waals surface area contributed by atoms with Gasteiger partial charge in [0.15, 0.2) is 0 Å². The summed E-state index contributed by atoms with van der Waals surface area (Å²) in [4.78, 5) is 27.4. The van der Waals surface area contributed by atoms with E-state index in [1.54, 1.807) is 24.1 Å².